The first-order valence-electron chi connectivity index (χ1n) is 28.8. The van der Waals surface area contributed by atoms with Crippen molar-refractivity contribution in [2.24, 2.45) is 0 Å². The van der Waals surface area contributed by atoms with Crippen LogP contribution in [0.5, 0.6) is 0 Å². The molecule has 408 valence electrons. The Bertz CT molecular complexity index is 1520. The molecular formula is C62H110N2O6P+. The van der Waals surface area contributed by atoms with Gasteiger partial charge in [-0.1, -0.05) is 245 Å². The molecule has 0 saturated heterocycles. The second-order valence-electron chi connectivity index (χ2n) is 20.3. The number of allylic oxidation sites excluding steroid dienone is 17. The Labute approximate surface area is 438 Å². The summed E-state index contributed by atoms with van der Waals surface area (Å²) in [5.74, 6) is -0.222. The molecule has 8 nitrogen and oxygen atoms in total. The third-order valence-electron chi connectivity index (χ3n) is 12.2. The fraction of sp³-hybridized carbons (Fsp3) is 0.694. The Morgan fingerprint density at radius 1 is 0.493 bits per heavy atom. The summed E-state index contributed by atoms with van der Waals surface area (Å²) in [6.45, 7) is 4.67. The van der Waals surface area contributed by atoms with E-state index in [1.54, 1.807) is 6.08 Å². The number of carbonyl (C=O) groups excluding carboxylic acids is 1. The van der Waals surface area contributed by atoms with Crippen molar-refractivity contribution >= 4 is 13.7 Å². The highest BCUT2D eigenvalue weighted by molar-refractivity contribution is 7.47. The quantitative estimate of drug-likeness (QED) is 0.0243. The van der Waals surface area contributed by atoms with Crippen molar-refractivity contribution in [2.45, 2.75) is 238 Å². The van der Waals surface area contributed by atoms with Crippen molar-refractivity contribution in [1.29, 1.82) is 0 Å². The molecule has 0 fully saturated rings. The van der Waals surface area contributed by atoms with E-state index in [1.807, 2.05) is 27.2 Å². The molecule has 0 aromatic carbocycles. The van der Waals surface area contributed by atoms with Gasteiger partial charge in [-0.2, -0.15) is 0 Å². The zero-order valence-electron chi connectivity index (χ0n) is 46.4. The fourth-order valence-electron chi connectivity index (χ4n) is 7.76. The molecule has 0 aromatic rings. The molecule has 0 aliphatic heterocycles. The van der Waals surface area contributed by atoms with E-state index < -0.39 is 20.0 Å². The molecule has 71 heavy (non-hydrogen) atoms. The van der Waals surface area contributed by atoms with E-state index in [4.69, 9.17) is 9.05 Å². The average molecular weight is 1010 g/mol. The number of aliphatic hydroxyl groups is 1. The van der Waals surface area contributed by atoms with Gasteiger partial charge in [-0.25, -0.2) is 4.57 Å². The van der Waals surface area contributed by atoms with Gasteiger partial charge in [0.1, 0.15) is 13.2 Å². The van der Waals surface area contributed by atoms with Gasteiger partial charge < -0.3 is 19.8 Å². The Balaban J connectivity index is 4.37. The normalized spacial score (nSPS) is 14.7. The topological polar surface area (TPSA) is 105 Å². The van der Waals surface area contributed by atoms with Crippen molar-refractivity contribution < 1.29 is 32.9 Å². The largest absolute Gasteiger partial charge is 0.472 e. The van der Waals surface area contributed by atoms with E-state index in [1.165, 1.54) is 116 Å². The van der Waals surface area contributed by atoms with E-state index in [0.717, 1.165) is 83.5 Å². The molecule has 9 heteroatoms. The number of likely N-dealkylation sites (N-methyl/N-ethyl adjacent to an activating group) is 1. The van der Waals surface area contributed by atoms with Gasteiger partial charge in [0.05, 0.1) is 39.9 Å². The summed E-state index contributed by atoms with van der Waals surface area (Å²) in [6.07, 6.45) is 76.2. The van der Waals surface area contributed by atoms with Gasteiger partial charge in [-0.05, 0) is 83.5 Å². The molecular weight excluding hydrogens is 900 g/mol. The highest BCUT2D eigenvalue weighted by Crippen LogP contribution is 2.43. The minimum absolute atomic E-state index is 0.0469. The number of quaternary nitrogens is 1. The molecule has 0 saturated carbocycles. The summed E-state index contributed by atoms with van der Waals surface area (Å²) in [7, 11) is 1.53. The summed E-state index contributed by atoms with van der Waals surface area (Å²) in [6, 6.07) is -0.879. The third kappa shape index (κ3) is 54.8. The van der Waals surface area contributed by atoms with Gasteiger partial charge in [-0.15, -0.1) is 0 Å². The van der Waals surface area contributed by atoms with Crippen LogP contribution >= 0.6 is 7.82 Å². The van der Waals surface area contributed by atoms with Gasteiger partial charge in [-0.3, -0.25) is 13.8 Å². The van der Waals surface area contributed by atoms with Crippen molar-refractivity contribution in [3.8, 4) is 0 Å². The summed E-state index contributed by atoms with van der Waals surface area (Å²) in [4.78, 5) is 23.3. The second kappa shape index (κ2) is 52.0. The molecule has 0 aromatic heterocycles. The van der Waals surface area contributed by atoms with Gasteiger partial charge in [0, 0.05) is 6.42 Å². The van der Waals surface area contributed by atoms with Crippen LogP contribution in [-0.4, -0.2) is 73.4 Å². The molecule has 0 bridgehead atoms. The Kier molecular flexibility index (Phi) is 50.0. The number of phosphoric acid groups is 1. The van der Waals surface area contributed by atoms with Crippen LogP contribution in [0.2, 0.25) is 0 Å². The number of aliphatic hydroxyl groups excluding tert-OH is 1. The lowest BCUT2D eigenvalue weighted by molar-refractivity contribution is -0.870. The van der Waals surface area contributed by atoms with E-state index >= 15 is 0 Å². The lowest BCUT2D eigenvalue weighted by atomic mass is 10.0. The van der Waals surface area contributed by atoms with E-state index in [2.05, 4.69) is 116 Å². The first kappa shape index (κ1) is 68.2. The van der Waals surface area contributed by atoms with Crippen LogP contribution < -0.4 is 5.32 Å². The lowest BCUT2D eigenvalue weighted by Crippen LogP contribution is -2.45. The molecule has 0 rings (SSSR count). The van der Waals surface area contributed by atoms with Gasteiger partial charge in [0.2, 0.25) is 5.91 Å². The number of hydrogen-bond donors (Lipinski definition) is 3. The minimum Gasteiger partial charge on any atom is -0.387 e. The van der Waals surface area contributed by atoms with Crippen LogP contribution in [0.15, 0.2) is 109 Å². The molecule has 0 radical (unpaired) electrons. The molecule has 0 heterocycles. The SMILES string of the molecule is CC/C=C\C/C=C\C/C=C\C/C=C\C/C=C\C/C=C\C/C=C\C/C=C\CCCCC(=O)NC(COP(=O)(O)OCC[N+](C)(C)C)C(O)/C=C/CCCCCCCCCCCCCCCCCCCCCC. The second-order valence-corrected chi connectivity index (χ2v) is 21.7. The van der Waals surface area contributed by atoms with Gasteiger partial charge in [0.25, 0.3) is 0 Å². The van der Waals surface area contributed by atoms with E-state index in [0.29, 0.717) is 23.9 Å². The monoisotopic (exact) mass is 1010 g/mol. The number of nitrogens with one attached hydrogen (secondary N) is 1. The predicted molar refractivity (Wildman–Crippen MR) is 309 cm³/mol. The maximum atomic E-state index is 13.0. The van der Waals surface area contributed by atoms with Gasteiger partial charge >= 0.3 is 7.82 Å². The highest BCUT2D eigenvalue weighted by atomic mass is 31.2. The number of amides is 1. The molecule has 3 unspecified atom stereocenters. The predicted octanol–water partition coefficient (Wildman–Crippen LogP) is 17.6. The number of unbranched alkanes of at least 4 members (excludes halogenated alkanes) is 22. The van der Waals surface area contributed by atoms with Crippen LogP contribution in [0.3, 0.4) is 0 Å². The number of nitrogens with zero attached hydrogens (tertiary/aromatic N) is 1. The first-order chi connectivity index (χ1) is 34.5. The molecule has 0 aliphatic carbocycles. The minimum atomic E-state index is -4.37. The summed E-state index contributed by atoms with van der Waals surface area (Å²) in [5.41, 5.74) is 0. The summed E-state index contributed by atoms with van der Waals surface area (Å²) in [5, 5.41) is 13.9. The molecule has 3 N–H and O–H groups in total. The lowest BCUT2D eigenvalue weighted by Gasteiger charge is -2.25. The van der Waals surface area contributed by atoms with Crippen LogP contribution in [0.25, 0.3) is 0 Å². The average Bonchev–Trinajstić information content (AvgIpc) is 3.33. The maximum Gasteiger partial charge on any atom is 0.472 e. The Morgan fingerprint density at radius 2 is 0.845 bits per heavy atom. The van der Waals surface area contributed by atoms with Crippen molar-refractivity contribution in [3.05, 3.63) is 109 Å². The number of hydrogen-bond acceptors (Lipinski definition) is 5. The molecule has 3 atom stereocenters. The summed E-state index contributed by atoms with van der Waals surface area (Å²) >= 11 is 0. The van der Waals surface area contributed by atoms with Crippen LogP contribution in [0.1, 0.15) is 226 Å². The number of phosphoric ester groups is 1. The molecule has 0 spiro atoms. The number of carbonyl (C=O) groups is 1. The van der Waals surface area contributed by atoms with Crippen molar-refractivity contribution in [2.75, 3.05) is 40.9 Å². The van der Waals surface area contributed by atoms with Crippen molar-refractivity contribution in [3.63, 3.8) is 0 Å². The standard InChI is InChI=1S/C62H109N2O6P/c1-6-8-10-12-14-16-18-20-22-24-26-28-30-31-32-33-34-36-38-40-42-44-46-48-50-52-54-56-62(66)63-60(59-70-71(67,68)69-58-57-64(3,4)5)61(65)55-53-51-49-47-45-43-41-39-37-35-29-27-25-23-21-19-17-15-13-11-9-7-2/h8,10,14,16,20,22,26,28,31-32,34,36,40,42,46,48,53,55,60-61,65H,6-7,9,11-13,15,17-19,21,23-25,27,29-30,33,35,37-39,41,43-45,47,49-52,54,56-59H2,1-5H3,(H-,63,66,67,68)/p+1/b10-8-,16-14-,22-20-,28-26-,32-31-,36-34-,42-40-,48-46-,55-53+. The van der Waals surface area contributed by atoms with Crippen LogP contribution in [-0.2, 0) is 18.4 Å². The van der Waals surface area contributed by atoms with Crippen LogP contribution in [0.4, 0.5) is 0 Å². The van der Waals surface area contributed by atoms with Crippen molar-refractivity contribution in [1.82, 2.24) is 5.32 Å². The molecule has 0 aliphatic rings. The van der Waals surface area contributed by atoms with Gasteiger partial charge in [0.15, 0.2) is 0 Å². The third-order valence-corrected chi connectivity index (χ3v) is 13.2. The Morgan fingerprint density at radius 3 is 1.24 bits per heavy atom. The highest BCUT2D eigenvalue weighted by Gasteiger charge is 2.27. The zero-order valence-corrected chi connectivity index (χ0v) is 47.3. The zero-order chi connectivity index (χ0) is 52.0. The van der Waals surface area contributed by atoms with Crippen LogP contribution in [0, 0.1) is 0 Å². The fourth-order valence-corrected chi connectivity index (χ4v) is 8.50. The first-order valence-corrected chi connectivity index (χ1v) is 30.3. The Hall–Kier alpha value is -2.84. The van der Waals surface area contributed by atoms with E-state index in [-0.39, 0.29) is 19.1 Å². The summed E-state index contributed by atoms with van der Waals surface area (Å²) < 4.78 is 23.7. The molecule has 1 amide bonds. The number of rotatable bonds is 51. The maximum absolute atomic E-state index is 13.0. The van der Waals surface area contributed by atoms with E-state index in [9.17, 15) is 19.4 Å². The smallest absolute Gasteiger partial charge is 0.387 e.